The van der Waals surface area contributed by atoms with E-state index in [0.29, 0.717) is 16.1 Å². The van der Waals surface area contributed by atoms with E-state index < -0.39 is 5.91 Å². The van der Waals surface area contributed by atoms with E-state index in [9.17, 15) is 9.59 Å². The number of carbonyl (C=O) groups is 2. The fraction of sp³-hybridized carbons (Fsp3) is 0. The van der Waals surface area contributed by atoms with Crippen molar-refractivity contribution in [1.82, 2.24) is 16.2 Å². The number of amides is 2. The van der Waals surface area contributed by atoms with Gasteiger partial charge in [0.25, 0.3) is 11.8 Å². The molecular formula is C15H12ClN3O2S. The fourth-order valence-electron chi connectivity index (χ4n) is 1.58. The Morgan fingerprint density at radius 3 is 2.05 bits per heavy atom. The summed E-state index contributed by atoms with van der Waals surface area (Å²) in [7, 11) is 0. The largest absolute Gasteiger partial charge is 0.298 e. The quantitative estimate of drug-likeness (QED) is 0.582. The van der Waals surface area contributed by atoms with Gasteiger partial charge in [0, 0.05) is 16.1 Å². The molecule has 0 saturated heterocycles. The smallest absolute Gasteiger partial charge is 0.269 e. The summed E-state index contributed by atoms with van der Waals surface area (Å²) < 4.78 is 0. The van der Waals surface area contributed by atoms with Crippen LogP contribution in [0.15, 0.2) is 54.6 Å². The first-order chi connectivity index (χ1) is 10.6. The number of nitrogens with one attached hydrogen (secondary N) is 3. The molecule has 22 heavy (non-hydrogen) atoms. The second-order valence-corrected chi connectivity index (χ2v) is 5.08. The molecule has 112 valence electrons. The molecule has 2 rings (SSSR count). The molecule has 3 N–H and O–H groups in total. The van der Waals surface area contributed by atoms with Crippen molar-refractivity contribution in [3.8, 4) is 0 Å². The summed E-state index contributed by atoms with van der Waals surface area (Å²) in [6.07, 6.45) is 0. The summed E-state index contributed by atoms with van der Waals surface area (Å²) in [6.45, 7) is 0. The normalized spacial score (nSPS) is 9.68. The highest BCUT2D eigenvalue weighted by Crippen LogP contribution is 2.09. The van der Waals surface area contributed by atoms with Crippen molar-refractivity contribution in [2.24, 2.45) is 0 Å². The van der Waals surface area contributed by atoms with E-state index in [2.05, 4.69) is 16.2 Å². The number of halogens is 1. The van der Waals surface area contributed by atoms with Crippen molar-refractivity contribution in [1.29, 1.82) is 0 Å². The van der Waals surface area contributed by atoms with Gasteiger partial charge < -0.3 is 0 Å². The predicted molar refractivity (Wildman–Crippen MR) is 88.6 cm³/mol. The second kappa shape index (κ2) is 7.53. The molecule has 0 aromatic heterocycles. The van der Waals surface area contributed by atoms with Gasteiger partial charge in [0.1, 0.15) is 0 Å². The minimum absolute atomic E-state index is 0.00997. The van der Waals surface area contributed by atoms with Crippen molar-refractivity contribution in [2.45, 2.75) is 0 Å². The molecule has 0 unspecified atom stereocenters. The third-order valence-corrected chi connectivity index (χ3v) is 3.12. The Kier molecular flexibility index (Phi) is 5.46. The molecule has 0 fully saturated rings. The molecule has 0 spiro atoms. The molecule has 0 radical (unpaired) electrons. The Hall–Kier alpha value is -2.44. The lowest BCUT2D eigenvalue weighted by atomic mass is 10.2. The standard InChI is InChI=1S/C15H12ClN3O2S/c16-12-8-6-11(7-9-12)13(20)17-15(22)19-18-14(21)10-4-2-1-3-5-10/h1-9H,(H,18,21)(H2,17,19,20,22). The Bertz CT molecular complexity index is 690. The second-order valence-electron chi connectivity index (χ2n) is 4.24. The van der Waals surface area contributed by atoms with Crippen molar-refractivity contribution < 1.29 is 9.59 Å². The molecule has 0 atom stereocenters. The van der Waals surface area contributed by atoms with Crippen molar-refractivity contribution >= 4 is 40.7 Å². The van der Waals surface area contributed by atoms with E-state index in [-0.39, 0.29) is 11.0 Å². The first kappa shape index (κ1) is 15.9. The number of hydrazine groups is 1. The van der Waals surface area contributed by atoms with E-state index in [1.54, 1.807) is 54.6 Å². The molecule has 0 saturated carbocycles. The first-order valence-corrected chi connectivity index (χ1v) is 7.07. The molecule has 0 heterocycles. The maximum Gasteiger partial charge on any atom is 0.269 e. The van der Waals surface area contributed by atoms with Gasteiger partial charge in [0.15, 0.2) is 5.11 Å². The van der Waals surface area contributed by atoms with Crippen LogP contribution in [0.2, 0.25) is 5.02 Å². The molecule has 5 nitrogen and oxygen atoms in total. The van der Waals surface area contributed by atoms with Gasteiger partial charge in [-0.2, -0.15) is 0 Å². The highest BCUT2D eigenvalue weighted by Gasteiger charge is 2.09. The zero-order chi connectivity index (χ0) is 15.9. The van der Waals surface area contributed by atoms with Crippen LogP contribution in [-0.2, 0) is 0 Å². The maximum absolute atomic E-state index is 11.9. The summed E-state index contributed by atoms with van der Waals surface area (Å²) >= 11 is 10.7. The molecule has 2 amide bonds. The van der Waals surface area contributed by atoms with Crippen LogP contribution in [0.3, 0.4) is 0 Å². The Labute approximate surface area is 137 Å². The van der Waals surface area contributed by atoms with Crippen LogP contribution >= 0.6 is 23.8 Å². The van der Waals surface area contributed by atoms with Crippen LogP contribution in [0, 0.1) is 0 Å². The van der Waals surface area contributed by atoms with Gasteiger partial charge in [0.2, 0.25) is 0 Å². The maximum atomic E-state index is 11.9. The summed E-state index contributed by atoms with van der Waals surface area (Å²) in [6, 6.07) is 15.0. The van der Waals surface area contributed by atoms with Gasteiger partial charge in [-0.15, -0.1) is 0 Å². The van der Waals surface area contributed by atoms with Crippen LogP contribution in [0.1, 0.15) is 20.7 Å². The van der Waals surface area contributed by atoms with Crippen molar-refractivity contribution in [2.75, 3.05) is 0 Å². The summed E-state index contributed by atoms with van der Waals surface area (Å²) in [5.41, 5.74) is 5.74. The van der Waals surface area contributed by atoms with E-state index in [0.717, 1.165) is 0 Å². The van der Waals surface area contributed by atoms with Gasteiger partial charge in [0.05, 0.1) is 0 Å². The predicted octanol–water partition coefficient (Wildman–Crippen LogP) is 2.29. The van der Waals surface area contributed by atoms with E-state index in [4.69, 9.17) is 23.8 Å². The minimum atomic E-state index is -0.400. The van der Waals surface area contributed by atoms with Crippen LogP contribution in [0.5, 0.6) is 0 Å². The summed E-state index contributed by atoms with van der Waals surface area (Å²) in [4.78, 5) is 23.7. The average Bonchev–Trinajstić information content (AvgIpc) is 2.54. The molecule has 0 aliphatic rings. The third kappa shape index (κ3) is 4.54. The lowest BCUT2D eigenvalue weighted by molar-refractivity contribution is 0.0934. The van der Waals surface area contributed by atoms with Crippen LogP contribution in [-0.4, -0.2) is 16.9 Å². The summed E-state index contributed by atoms with van der Waals surface area (Å²) in [5, 5.41) is 2.97. The highest BCUT2D eigenvalue weighted by molar-refractivity contribution is 7.80. The van der Waals surface area contributed by atoms with Crippen LogP contribution < -0.4 is 16.2 Å². The number of rotatable bonds is 2. The van der Waals surface area contributed by atoms with Gasteiger partial charge in [-0.3, -0.25) is 25.8 Å². The van der Waals surface area contributed by atoms with Gasteiger partial charge in [-0.25, -0.2) is 0 Å². The number of thiocarbonyl (C=S) groups is 1. The number of benzene rings is 2. The molecule has 2 aromatic rings. The average molecular weight is 334 g/mol. The number of carbonyl (C=O) groups excluding carboxylic acids is 2. The first-order valence-electron chi connectivity index (χ1n) is 6.28. The topological polar surface area (TPSA) is 70.2 Å². The van der Waals surface area contributed by atoms with E-state index in [1.807, 2.05) is 0 Å². The minimum Gasteiger partial charge on any atom is -0.298 e. The third-order valence-electron chi connectivity index (χ3n) is 2.66. The lowest BCUT2D eigenvalue weighted by Crippen LogP contribution is -2.48. The van der Waals surface area contributed by atoms with Crippen LogP contribution in [0.4, 0.5) is 0 Å². The van der Waals surface area contributed by atoms with Gasteiger partial charge in [-0.1, -0.05) is 29.8 Å². The zero-order valence-corrected chi connectivity index (χ0v) is 12.9. The Morgan fingerprint density at radius 1 is 0.818 bits per heavy atom. The van der Waals surface area contributed by atoms with E-state index >= 15 is 0 Å². The lowest BCUT2D eigenvalue weighted by Gasteiger charge is -2.10. The van der Waals surface area contributed by atoms with Crippen molar-refractivity contribution in [3.05, 3.63) is 70.7 Å². The van der Waals surface area contributed by atoms with Gasteiger partial charge in [-0.05, 0) is 48.6 Å². The Balaban J connectivity index is 1.84. The molecule has 0 aliphatic heterocycles. The molecule has 7 heteroatoms. The number of hydrogen-bond acceptors (Lipinski definition) is 3. The SMILES string of the molecule is O=C(NNC(=S)NC(=O)c1ccc(Cl)cc1)c1ccccc1. The van der Waals surface area contributed by atoms with Crippen molar-refractivity contribution in [3.63, 3.8) is 0 Å². The summed E-state index contributed by atoms with van der Waals surface area (Å²) in [5.74, 6) is -0.758. The highest BCUT2D eigenvalue weighted by atomic mass is 35.5. The molecule has 0 bridgehead atoms. The van der Waals surface area contributed by atoms with Gasteiger partial charge >= 0.3 is 0 Å². The Morgan fingerprint density at radius 2 is 1.41 bits per heavy atom. The number of hydrogen-bond donors (Lipinski definition) is 3. The zero-order valence-electron chi connectivity index (χ0n) is 11.3. The molecular weight excluding hydrogens is 322 g/mol. The molecule has 0 aliphatic carbocycles. The van der Waals surface area contributed by atoms with E-state index in [1.165, 1.54) is 0 Å². The monoisotopic (exact) mass is 333 g/mol. The van der Waals surface area contributed by atoms with Crippen LogP contribution in [0.25, 0.3) is 0 Å². The fourth-order valence-corrected chi connectivity index (χ4v) is 1.85. The molecule has 2 aromatic carbocycles.